The monoisotopic (exact) mass is 306 g/mol. The number of quaternary nitrogens is 1. The third kappa shape index (κ3) is 4.09. The molecule has 1 atom stereocenters. The van der Waals surface area contributed by atoms with Crippen LogP contribution in [0.5, 0.6) is 11.8 Å². The van der Waals surface area contributed by atoms with Crippen molar-refractivity contribution in [3.8, 4) is 11.8 Å². The van der Waals surface area contributed by atoms with E-state index in [-0.39, 0.29) is 5.25 Å². The van der Waals surface area contributed by atoms with E-state index in [2.05, 4.69) is 27.8 Å². The van der Waals surface area contributed by atoms with Crippen LogP contribution < -0.4 is 15.2 Å². The third-order valence-corrected chi connectivity index (χ3v) is 4.22. The van der Waals surface area contributed by atoms with Crippen molar-refractivity contribution in [2.75, 3.05) is 26.5 Å². The zero-order valence-corrected chi connectivity index (χ0v) is 13.1. The molecule has 21 heavy (non-hydrogen) atoms. The predicted octanol–water partition coefficient (Wildman–Crippen LogP) is 1.56. The van der Waals surface area contributed by atoms with E-state index in [9.17, 15) is 0 Å². The molecule has 2 aromatic rings. The molecule has 1 aromatic carbocycles. The molecule has 0 aliphatic carbocycles. The molecule has 0 bridgehead atoms. The van der Waals surface area contributed by atoms with Crippen LogP contribution in [-0.4, -0.2) is 36.5 Å². The highest BCUT2D eigenvalue weighted by Crippen LogP contribution is 2.34. The fourth-order valence-corrected chi connectivity index (χ4v) is 2.90. The highest BCUT2D eigenvalue weighted by molar-refractivity contribution is 7.99. The summed E-state index contributed by atoms with van der Waals surface area (Å²) in [5.74, 6) is 2.64. The van der Waals surface area contributed by atoms with Gasteiger partial charge >= 0.3 is 0 Å². The van der Waals surface area contributed by atoms with Gasteiger partial charge in [-0.1, -0.05) is 30.3 Å². The molecule has 0 aliphatic rings. The van der Waals surface area contributed by atoms with E-state index in [1.807, 2.05) is 18.2 Å². The average molecular weight is 306 g/mol. The van der Waals surface area contributed by atoms with Gasteiger partial charge in [-0.05, 0) is 5.56 Å². The standard InChI is InChI=1S/C15H19N3O2S/c1-19-12-10-13(20-2)18-15(17-12)14(21-9-8-16)11-6-4-3-5-7-11/h3-7,10,14H,8-9,16H2,1-2H3/p+1/t14-/m0/s1. The maximum Gasteiger partial charge on any atom is 0.220 e. The van der Waals surface area contributed by atoms with Crippen molar-refractivity contribution in [2.24, 2.45) is 0 Å². The lowest BCUT2D eigenvalue weighted by molar-refractivity contribution is -0.360. The molecule has 0 amide bonds. The lowest BCUT2D eigenvalue weighted by Gasteiger charge is -2.16. The minimum Gasteiger partial charge on any atom is -0.481 e. The molecule has 6 heteroatoms. The number of methoxy groups -OCH3 is 2. The summed E-state index contributed by atoms with van der Waals surface area (Å²) in [7, 11) is 3.18. The van der Waals surface area contributed by atoms with Crippen molar-refractivity contribution in [2.45, 2.75) is 5.25 Å². The van der Waals surface area contributed by atoms with Crippen LogP contribution in [0.2, 0.25) is 0 Å². The SMILES string of the molecule is COc1cc(OC)nc([C@@H](SCC[NH3+])c2ccccc2)n1. The molecule has 0 saturated heterocycles. The summed E-state index contributed by atoms with van der Waals surface area (Å²) in [4.78, 5) is 8.95. The molecular weight excluding hydrogens is 286 g/mol. The molecule has 112 valence electrons. The second kappa shape index (κ2) is 7.85. The van der Waals surface area contributed by atoms with Crippen molar-refractivity contribution in [3.63, 3.8) is 0 Å². The number of aromatic nitrogens is 2. The molecule has 0 aliphatic heterocycles. The number of nitrogens with zero attached hydrogens (tertiary/aromatic N) is 2. The summed E-state index contributed by atoms with van der Waals surface area (Å²) in [5.41, 5.74) is 5.06. The van der Waals surface area contributed by atoms with E-state index < -0.39 is 0 Å². The van der Waals surface area contributed by atoms with Crippen LogP contribution >= 0.6 is 11.8 Å². The van der Waals surface area contributed by atoms with Gasteiger partial charge in [0.25, 0.3) is 0 Å². The van der Waals surface area contributed by atoms with Gasteiger partial charge < -0.3 is 15.2 Å². The Morgan fingerprint density at radius 2 is 1.71 bits per heavy atom. The van der Waals surface area contributed by atoms with E-state index in [1.165, 1.54) is 0 Å². The van der Waals surface area contributed by atoms with Gasteiger partial charge in [-0.2, -0.15) is 9.97 Å². The Labute approximate surface area is 128 Å². The van der Waals surface area contributed by atoms with Gasteiger partial charge in [-0.15, -0.1) is 11.8 Å². The predicted molar refractivity (Wildman–Crippen MR) is 83.6 cm³/mol. The average Bonchev–Trinajstić information content (AvgIpc) is 2.55. The second-order valence-corrected chi connectivity index (χ2v) is 5.54. The number of hydrogen-bond acceptors (Lipinski definition) is 5. The van der Waals surface area contributed by atoms with Crippen LogP contribution in [0.4, 0.5) is 0 Å². The Morgan fingerprint density at radius 1 is 1.10 bits per heavy atom. The molecule has 0 radical (unpaired) electrons. The van der Waals surface area contributed by atoms with Crippen LogP contribution in [-0.2, 0) is 0 Å². The van der Waals surface area contributed by atoms with Gasteiger partial charge in [-0.3, -0.25) is 0 Å². The Balaban J connectivity index is 2.40. The van der Waals surface area contributed by atoms with Crippen LogP contribution in [0, 0.1) is 0 Å². The first kappa shape index (κ1) is 15.6. The lowest BCUT2D eigenvalue weighted by Crippen LogP contribution is -2.51. The Kier molecular flexibility index (Phi) is 5.83. The molecule has 1 aromatic heterocycles. The van der Waals surface area contributed by atoms with Crippen molar-refractivity contribution < 1.29 is 15.2 Å². The molecule has 3 N–H and O–H groups in total. The quantitative estimate of drug-likeness (QED) is 0.840. The van der Waals surface area contributed by atoms with Crippen LogP contribution in [0.25, 0.3) is 0 Å². The van der Waals surface area contributed by atoms with Crippen molar-refractivity contribution >= 4 is 11.8 Å². The Morgan fingerprint density at radius 3 is 2.24 bits per heavy atom. The third-order valence-electron chi connectivity index (χ3n) is 2.88. The minimum atomic E-state index is 0.0388. The summed E-state index contributed by atoms with van der Waals surface area (Å²) in [6, 6.07) is 11.9. The van der Waals surface area contributed by atoms with Crippen molar-refractivity contribution in [1.29, 1.82) is 0 Å². The molecule has 2 rings (SSSR count). The van der Waals surface area contributed by atoms with Gasteiger partial charge in [0.1, 0.15) is 0 Å². The van der Waals surface area contributed by atoms with Crippen LogP contribution in [0.1, 0.15) is 16.6 Å². The van der Waals surface area contributed by atoms with Gasteiger partial charge in [-0.25, -0.2) is 0 Å². The molecule has 0 spiro atoms. The molecule has 0 unspecified atom stereocenters. The molecular formula is C15H20N3O2S+. The van der Waals surface area contributed by atoms with Crippen LogP contribution in [0.3, 0.4) is 0 Å². The second-order valence-electron chi connectivity index (χ2n) is 4.33. The van der Waals surface area contributed by atoms with Gasteiger partial charge in [0.15, 0.2) is 5.82 Å². The molecule has 0 saturated carbocycles. The maximum absolute atomic E-state index is 5.24. The Bertz CT molecular complexity index is 544. The zero-order valence-electron chi connectivity index (χ0n) is 12.3. The highest BCUT2D eigenvalue weighted by atomic mass is 32.2. The number of benzene rings is 1. The topological polar surface area (TPSA) is 71.9 Å². The van der Waals surface area contributed by atoms with E-state index in [1.54, 1.807) is 32.0 Å². The minimum absolute atomic E-state index is 0.0388. The fourth-order valence-electron chi connectivity index (χ4n) is 1.90. The fraction of sp³-hybridized carbons (Fsp3) is 0.333. The largest absolute Gasteiger partial charge is 0.481 e. The molecule has 0 fully saturated rings. The lowest BCUT2D eigenvalue weighted by atomic mass is 10.1. The highest BCUT2D eigenvalue weighted by Gasteiger charge is 2.20. The van der Waals surface area contributed by atoms with Gasteiger partial charge in [0.2, 0.25) is 11.8 Å². The summed E-state index contributed by atoms with van der Waals surface area (Å²) >= 11 is 1.77. The number of thioether (sulfide) groups is 1. The Hall–Kier alpha value is -1.79. The van der Waals surface area contributed by atoms with E-state index in [0.717, 1.165) is 17.9 Å². The summed E-state index contributed by atoms with van der Waals surface area (Å²) in [6.45, 7) is 0.856. The summed E-state index contributed by atoms with van der Waals surface area (Å²) in [5, 5.41) is 0.0388. The van der Waals surface area contributed by atoms with Crippen molar-refractivity contribution in [1.82, 2.24) is 9.97 Å². The number of hydrogen-bond donors (Lipinski definition) is 1. The van der Waals surface area contributed by atoms with E-state index in [0.29, 0.717) is 17.6 Å². The van der Waals surface area contributed by atoms with Gasteiger partial charge in [0.05, 0.1) is 32.1 Å². The zero-order chi connectivity index (χ0) is 15.1. The maximum atomic E-state index is 5.24. The number of ether oxygens (including phenoxy) is 2. The first-order valence-electron chi connectivity index (χ1n) is 6.71. The number of rotatable bonds is 7. The normalized spacial score (nSPS) is 12.0. The molecule has 1 heterocycles. The summed E-state index contributed by atoms with van der Waals surface area (Å²) in [6.07, 6.45) is 0. The van der Waals surface area contributed by atoms with E-state index in [4.69, 9.17) is 9.47 Å². The van der Waals surface area contributed by atoms with Gasteiger partial charge in [0, 0.05) is 5.75 Å². The smallest absolute Gasteiger partial charge is 0.220 e. The first-order valence-corrected chi connectivity index (χ1v) is 7.76. The van der Waals surface area contributed by atoms with Crippen LogP contribution in [0.15, 0.2) is 36.4 Å². The first-order chi connectivity index (χ1) is 10.3. The van der Waals surface area contributed by atoms with E-state index >= 15 is 0 Å². The summed E-state index contributed by atoms with van der Waals surface area (Å²) < 4.78 is 10.5. The van der Waals surface area contributed by atoms with Crippen molar-refractivity contribution in [3.05, 3.63) is 47.8 Å². The molecule has 5 nitrogen and oxygen atoms in total.